The second kappa shape index (κ2) is 8.48. The Hall–Kier alpha value is -1.95. The topological polar surface area (TPSA) is 62.2 Å². The Morgan fingerprint density at radius 3 is 2.77 bits per heavy atom. The van der Waals surface area contributed by atoms with E-state index in [1.807, 2.05) is 38.2 Å². The van der Waals surface area contributed by atoms with Crippen molar-refractivity contribution in [1.82, 2.24) is 20.6 Å². The molecule has 2 aromatic rings. The van der Waals surface area contributed by atoms with Gasteiger partial charge in [-0.25, -0.2) is 9.98 Å². The highest BCUT2D eigenvalue weighted by Crippen LogP contribution is 2.17. The van der Waals surface area contributed by atoms with E-state index in [1.54, 1.807) is 11.3 Å². The predicted molar refractivity (Wildman–Crippen MR) is 92.3 cm³/mol. The average molecular weight is 317 g/mol. The minimum atomic E-state index is 0.663. The van der Waals surface area contributed by atoms with Gasteiger partial charge in [-0.15, -0.1) is 11.3 Å². The highest BCUT2D eigenvalue weighted by molar-refractivity contribution is 7.11. The number of thiazole rings is 1. The van der Waals surface area contributed by atoms with E-state index >= 15 is 0 Å². The number of guanidine groups is 1. The Kier molecular flexibility index (Phi) is 6.33. The summed E-state index contributed by atoms with van der Waals surface area (Å²) >= 11 is 1.71. The van der Waals surface area contributed by atoms with Gasteiger partial charge in [0, 0.05) is 36.3 Å². The zero-order chi connectivity index (χ0) is 15.8. The van der Waals surface area contributed by atoms with Crippen LogP contribution in [0.15, 0.2) is 29.4 Å². The molecule has 0 saturated heterocycles. The van der Waals surface area contributed by atoms with Gasteiger partial charge in [-0.3, -0.25) is 4.98 Å². The number of pyridine rings is 1. The molecule has 0 atom stereocenters. The summed E-state index contributed by atoms with van der Waals surface area (Å²) in [6.07, 6.45) is 2.70. The number of aryl methyl sites for hydroxylation is 2. The van der Waals surface area contributed by atoms with Gasteiger partial charge in [0.15, 0.2) is 5.96 Å². The number of hydrogen-bond donors (Lipinski definition) is 2. The first-order valence-electron chi connectivity index (χ1n) is 7.54. The lowest BCUT2D eigenvalue weighted by Gasteiger charge is -2.10. The molecule has 0 radical (unpaired) electrons. The maximum absolute atomic E-state index is 4.63. The van der Waals surface area contributed by atoms with Gasteiger partial charge in [0.25, 0.3) is 0 Å². The highest BCUT2D eigenvalue weighted by atomic mass is 32.1. The van der Waals surface area contributed by atoms with Gasteiger partial charge in [0.05, 0.1) is 17.2 Å². The largest absolute Gasteiger partial charge is 0.357 e. The Morgan fingerprint density at radius 1 is 1.27 bits per heavy atom. The van der Waals surface area contributed by atoms with E-state index in [1.165, 1.54) is 4.88 Å². The third-order valence-corrected chi connectivity index (χ3v) is 4.18. The van der Waals surface area contributed by atoms with Crippen LogP contribution in [0.1, 0.15) is 28.2 Å². The summed E-state index contributed by atoms with van der Waals surface area (Å²) in [5.74, 6) is 0.837. The van der Waals surface area contributed by atoms with Gasteiger partial charge < -0.3 is 10.6 Å². The molecular weight excluding hydrogens is 294 g/mol. The fourth-order valence-electron chi connectivity index (χ4n) is 2.07. The van der Waals surface area contributed by atoms with Crippen molar-refractivity contribution in [3.63, 3.8) is 0 Å². The minimum absolute atomic E-state index is 0.663. The van der Waals surface area contributed by atoms with Gasteiger partial charge in [0.1, 0.15) is 0 Å². The number of nitrogens with zero attached hydrogens (tertiary/aromatic N) is 3. The number of aromatic nitrogens is 2. The van der Waals surface area contributed by atoms with Crippen LogP contribution in [0.2, 0.25) is 0 Å². The fourth-order valence-corrected chi connectivity index (χ4v) is 2.93. The summed E-state index contributed by atoms with van der Waals surface area (Å²) in [5, 5.41) is 7.71. The van der Waals surface area contributed by atoms with Crippen molar-refractivity contribution in [3.8, 4) is 0 Å². The maximum atomic E-state index is 4.63. The molecule has 6 heteroatoms. The van der Waals surface area contributed by atoms with Crippen LogP contribution in [0, 0.1) is 13.8 Å². The van der Waals surface area contributed by atoms with Crippen molar-refractivity contribution in [2.24, 2.45) is 4.99 Å². The first-order valence-corrected chi connectivity index (χ1v) is 8.35. The molecule has 0 aliphatic heterocycles. The Morgan fingerprint density at radius 2 is 2.14 bits per heavy atom. The molecule has 0 aliphatic rings. The van der Waals surface area contributed by atoms with E-state index in [-0.39, 0.29) is 0 Å². The number of rotatable bonds is 6. The van der Waals surface area contributed by atoms with Crippen molar-refractivity contribution in [1.29, 1.82) is 0 Å². The molecule has 0 spiro atoms. The van der Waals surface area contributed by atoms with E-state index in [2.05, 4.69) is 32.5 Å². The zero-order valence-corrected chi connectivity index (χ0v) is 14.2. The van der Waals surface area contributed by atoms with Crippen LogP contribution in [-0.4, -0.2) is 29.0 Å². The molecule has 0 amide bonds. The first kappa shape index (κ1) is 16.4. The van der Waals surface area contributed by atoms with E-state index in [9.17, 15) is 0 Å². The van der Waals surface area contributed by atoms with Crippen LogP contribution in [0.3, 0.4) is 0 Å². The van der Waals surface area contributed by atoms with E-state index in [0.717, 1.165) is 41.9 Å². The SMILES string of the molecule is CCNC(=NCc1sc(C)nc1C)NCCc1ccccn1. The van der Waals surface area contributed by atoms with Crippen LogP contribution in [0.5, 0.6) is 0 Å². The Balaban J connectivity index is 1.88. The molecule has 2 N–H and O–H groups in total. The molecule has 0 saturated carbocycles. The fraction of sp³-hybridized carbons (Fsp3) is 0.438. The summed E-state index contributed by atoms with van der Waals surface area (Å²) in [5.41, 5.74) is 2.16. The number of nitrogens with one attached hydrogen (secondary N) is 2. The quantitative estimate of drug-likeness (QED) is 0.634. The lowest BCUT2D eigenvalue weighted by atomic mass is 10.3. The molecule has 0 unspecified atom stereocenters. The van der Waals surface area contributed by atoms with Gasteiger partial charge >= 0.3 is 0 Å². The first-order chi connectivity index (χ1) is 10.7. The third kappa shape index (κ3) is 5.11. The Labute approximate surface area is 135 Å². The average Bonchev–Trinajstić information content (AvgIpc) is 2.84. The third-order valence-electron chi connectivity index (χ3n) is 3.12. The van der Waals surface area contributed by atoms with Crippen LogP contribution < -0.4 is 10.6 Å². The van der Waals surface area contributed by atoms with Crippen LogP contribution >= 0.6 is 11.3 Å². The standard InChI is InChI=1S/C16H23N5S/c1-4-17-16(19-10-8-14-7-5-6-9-18-14)20-11-15-12(2)21-13(3)22-15/h5-7,9H,4,8,10-11H2,1-3H3,(H2,17,19,20). The van der Waals surface area contributed by atoms with Crippen molar-refractivity contribution in [3.05, 3.63) is 45.7 Å². The molecule has 22 heavy (non-hydrogen) atoms. The van der Waals surface area contributed by atoms with Crippen molar-refractivity contribution in [2.75, 3.05) is 13.1 Å². The highest BCUT2D eigenvalue weighted by Gasteiger charge is 2.04. The second-order valence-electron chi connectivity index (χ2n) is 4.93. The van der Waals surface area contributed by atoms with Gasteiger partial charge in [-0.1, -0.05) is 6.07 Å². The summed E-state index contributed by atoms with van der Waals surface area (Å²) < 4.78 is 0. The number of aliphatic imine (C=N–C) groups is 1. The molecule has 0 aliphatic carbocycles. The van der Waals surface area contributed by atoms with Crippen molar-refractivity contribution >= 4 is 17.3 Å². The van der Waals surface area contributed by atoms with Crippen LogP contribution in [-0.2, 0) is 13.0 Å². The molecule has 0 fully saturated rings. The molecule has 2 aromatic heterocycles. The second-order valence-corrected chi connectivity index (χ2v) is 6.22. The zero-order valence-electron chi connectivity index (χ0n) is 13.4. The lowest BCUT2D eigenvalue weighted by molar-refractivity contribution is 0.789. The molecule has 5 nitrogen and oxygen atoms in total. The van der Waals surface area contributed by atoms with E-state index in [0.29, 0.717) is 6.54 Å². The summed E-state index contributed by atoms with van der Waals surface area (Å²) in [6, 6.07) is 5.98. The molecule has 0 aromatic carbocycles. The summed E-state index contributed by atoms with van der Waals surface area (Å²) in [7, 11) is 0. The molecule has 118 valence electrons. The predicted octanol–water partition coefficient (Wildman–Crippen LogP) is 2.45. The minimum Gasteiger partial charge on any atom is -0.357 e. The normalized spacial score (nSPS) is 11.5. The van der Waals surface area contributed by atoms with Crippen molar-refractivity contribution < 1.29 is 0 Å². The molecule has 2 rings (SSSR count). The van der Waals surface area contributed by atoms with Gasteiger partial charge in [-0.05, 0) is 32.9 Å². The smallest absolute Gasteiger partial charge is 0.191 e. The van der Waals surface area contributed by atoms with E-state index in [4.69, 9.17) is 0 Å². The summed E-state index contributed by atoms with van der Waals surface area (Å²) in [4.78, 5) is 14.6. The molecule has 0 bridgehead atoms. The number of hydrogen-bond acceptors (Lipinski definition) is 4. The van der Waals surface area contributed by atoms with Crippen molar-refractivity contribution in [2.45, 2.75) is 33.7 Å². The lowest BCUT2D eigenvalue weighted by Crippen LogP contribution is -2.38. The Bertz CT molecular complexity index is 606. The molecular formula is C16H23N5S. The summed E-state index contributed by atoms with van der Waals surface area (Å²) in [6.45, 7) is 8.45. The van der Waals surface area contributed by atoms with Crippen LogP contribution in [0.4, 0.5) is 0 Å². The van der Waals surface area contributed by atoms with Gasteiger partial charge in [-0.2, -0.15) is 0 Å². The van der Waals surface area contributed by atoms with E-state index < -0.39 is 0 Å². The monoisotopic (exact) mass is 317 g/mol. The van der Waals surface area contributed by atoms with Gasteiger partial charge in [0.2, 0.25) is 0 Å². The van der Waals surface area contributed by atoms with Crippen LogP contribution in [0.25, 0.3) is 0 Å². The molecule has 2 heterocycles. The maximum Gasteiger partial charge on any atom is 0.191 e.